The number of rotatable bonds is 7. The highest BCUT2D eigenvalue weighted by Gasteiger charge is 2.23. The van der Waals surface area contributed by atoms with Gasteiger partial charge >= 0.3 is 0 Å². The molecule has 2 amide bonds. The van der Waals surface area contributed by atoms with Crippen LogP contribution in [-0.2, 0) is 11.3 Å². The van der Waals surface area contributed by atoms with Gasteiger partial charge in [-0.3, -0.25) is 14.5 Å². The van der Waals surface area contributed by atoms with Crippen LogP contribution in [0.5, 0.6) is 0 Å². The Morgan fingerprint density at radius 2 is 1.79 bits per heavy atom. The van der Waals surface area contributed by atoms with Crippen molar-refractivity contribution < 1.29 is 14.0 Å². The highest BCUT2D eigenvalue weighted by molar-refractivity contribution is 6.04. The lowest BCUT2D eigenvalue weighted by atomic mass is 9.93. The van der Waals surface area contributed by atoms with E-state index in [1.807, 2.05) is 12.1 Å². The van der Waals surface area contributed by atoms with E-state index < -0.39 is 0 Å². The van der Waals surface area contributed by atoms with E-state index in [1.165, 1.54) is 16.6 Å². The molecule has 174 valence electrons. The van der Waals surface area contributed by atoms with Crippen LogP contribution in [0.1, 0.15) is 40.6 Å². The molecule has 0 atom stereocenters. The average Bonchev–Trinajstić information content (AvgIpc) is 3.53. The Labute approximate surface area is 198 Å². The number of hydrogen-bond acceptors (Lipinski definition) is 4. The Hall–Kier alpha value is -3.84. The molecule has 4 aromatic rings. The Morgan fingerprint density at radius 1 is 1.00 bits per heavy atom. The van der Waals surface area contributed by atoms with E-state index in [2.05, 4.69) is 44.8 Å². The highest BCUT2D eigenvalue weighted by atomic mass is 16.3. The maximum absolute atomic E-state index is 12.8. The molecule has 3 heterocycles. The van der Waals surface area contributed by atoms with Gasteiger partial charge in [-0.1, -0.05) is 30.3 Å². The largest absolute Gasteiger partial charge is 0.467 e. The Kier molecular flexibility index (Phi) is 6.44. The number of fused-ring (bicyclic) bond motifs is 1. The average molecular weight is 457 g/mol. The summed E-state index contributed by atoms with van der Waals surface area (Å²) in [5.41, 5.74) is 3.39. The summed E-state index contributed by atoms with van der Waals surface area (Å²) in [6.45, 7) is 2.32. The molecule has 2 aromatic carbocycles. The molecule has 0 aliphatic carbocycles. The maximum Gasteiger partial charge on any atom is 0.253 e. The zero-order chi connectivity index (χ0) is 23.3. The topological polar surface area (TPSA) is 90.4 Å². The molecule has 0 radical (unpaired) electrons. The Morgan fingerprint density at radius 3 is 2.59 bits per heavy atom. The van der Waals surface area contributed by atoms with Crippen molar-refractivity contribution in [1.82, 2.24) is 15.2 Å². The Bertz CT molecular complexity index is 1240. The van der Waals surface area contributed by atoms with Crippen LogP contribution in [0, 0.1) is 0 Å². The minimum Gasteiger partial charge on any atom is -0.467 e. The van der Waals surface area contributed by atoms with Gasteiger partial charge in [0.15, 0.2) is 0 Å². The smallest absolute Gasteiger partial charge is 0.253 e. The molecule has 2 aromatic heterocycles. The molecule has 1 aliphatic heterocycles. The normalized spacial score (nSPS) is 14.8. The van der Waals surface area contributed by atoms with Crippen LogP contribution in [0.3, 0.4) is 0 Å². The van der Waals surface area contributed by atoms with Gasteiger partial charge in [0.2, 0.25) is 5.91 Å². The third-order valence-corrected chi connectivity index (χ3v) is 6.39. The van der Waals surface area contributed by atoms with E-state index >= 15 is 0 Å². The van der Waals surface area contributed by atoms with Gasteiger partial charge in [-0.05, 0) is 67.7 Å². The number of aromatic amines is 1. The summed E-state index contributed by atoms with van der Waals surface area (Å²) >= 11 is 0. The third kappa shape index (κ3) is 5.05. The number of anilines is 1. The fraction of sp³-hybridized carbons (Fsp3) is 0.259. The number of amides is 2. The summed E-state index contributed by atoms with van der Waals surface area (Å²) in [7, 11) is 0. The van der Waals surface area contributed by atoms with Crippen molar-refractivity contribution in [2.75, 3.05) is 25.0 Å². The van der Waals surface area contributed by atoms with Gasteiger partial charge < -0.3 is 20.0 Å². The summed E-state index contributed by atoms with van der Waals surface area (Å²) in [6.07, 6.45) is 3.58. The predicted octanol–water partition coefficient (Wildman–Crippen LogP) is 4.51. The van der Waals surface area contributed by atoms with Crippen LogP contribution in [0.4, 0.5) is 5.69 Å². The van der Waals surface area contributed by atoms with Gasteiger partial charge in [-0.15, -0.1) is 0 Å². The summed E-state index contributed by atoms with van der Waals surface area (Å²) in [5, 5.41) is 6.99. The van der Waals surface area contributed by atoms with E-state index in [-0.39, 0.29) is 11.8 Å². The first-order valence-electron chi connectivity index (χ1n) is 11.6. The fourth-order valence-electron chi connectivity index (χ4n) is 4.58. The van der Waals surface area contributed by atoms with Crippen molar-refractivity contribution in [1.29, 1.82) is 0 Å². The van der Waals surface area contributed by atoms with Crippen LogP contribution < -0.4 is 10.6 Å². The predicted molar refractivity (Wildman–Crippen MR) is 132 cm³/mol. The molecular weight excluding hydrogens is 428 g/mol. The van der Waals surface area contributed by atoms with Crippen molar-refractivity contribution in [3.8, 4) is 0 Å². The molecule has 0 bridgehead atoms. The number of carbonyl (C=O) groups excluding carboxylic acids is 2. The van der Waals surface area contributed by atoms with Crippen molar-refractivity contribution >= 4 is 28.4 Å². The SMILES string of the molecule is O=C(CN1CCC(c2cc3ccccc3[nH]2)CC1)Nc1ccccc1C(=O)NCc1ccco1. The molecule has 1 fully saturated rings. The summed E-state index contributed by atoms with van der Waals surface area (Å²) < 4.78 is 5.26. The number of carbonyl (C=O) groups is 2. The molecule has 0 saturated carbocycles. The second kappa shape index (κ2) is 9.97. The highest BCUT2D eigenvalue weighted by Crippen LogP contribution is 2.29. The number of aromatic nitrogens is 1. The van der Waals surface area contributed by atoms with E-state index in [0.29, 0.717) is 36.0 Å². The molecule has 0 spiro atoms. The molecular formula is C27H28N4O3. The van der Waals surface area contributed by atoms with Crippen LogP contribution in [0.15, 0.2) is 77.4 Å². The number of nitrogens with one attached hydrogen (secondary N) is 3. The van der Waals surface area contributed by atoms with Crippen LogP contribution >= 0.6 is 0 Å². The minimum atomic E-state index is -0.258. The number of para-hydroxylation sites is 2. The number of hydrogen-bond donors (Lipinski definition) is 3. The number of H-pyrrole nitrogens is 1. The molecule has 5 rings (SSSR count). The van der Waals surface area contributed by atoms with Gasteiger partial charge in [0.1, 0.15) is 5.76 Å². The second-order valence-electron chi connectivity index (χ2n) is 8.72. The van der Waals surface area contributed by atoms with Crippen molar-refractivity contribution in [2.45, 2.75) is 25.3 Å². The zero-order valence-corrected chi connectivity index (χ0v) is 18.9. The van der Waals surface area contributed by atoms with Crippen LogP contribution in [0.2, 0.25) is 0 Å². The van der Waals surface area contributed by atoms with E-state index in [4.69, 9.17) is 4.42 Å². The van der Waals surface area contributed by atoms with Gasteiger partial charge in [0, 0.05) is 17.1 Å². The molecule has 3 N–H and O–H groups in total. The lowest BCUT2D eigenvalue weighted by Gasteiger charge is -2.31. The van der Waals surface area contributed by atoms with Crippen molar-refractivity contribution in [3.05, 3.63) is 90.0 Å². The van der Waals surface area contributed by atoms with Crippen LogP contribution in [-0.4, -0.2) is 41.3 Å². The van der Waals surface area contributed by atoms with Gasteiger partial charge in [-0.2, -0.15) is 0 Å². The lowest BCUT2D eigenvalue weighted by molar-refractivity contribution is -0.117. The van der Waals surface area contributed by atoms with E-state index in [0.717, 1.165) is 25.9 Å². The zero-order valence-electron chi connectivity index (χ0n) is 18.9. The lowest BCUT2D eigenvalue weighted by Crippen LogP contribution is -2.39. The monoisotopic (exact) mass is 456 g/mol. The number of likely N-dealkylation sites (tertiary alicyclic amines) is 1. The van der Waals surface area contributed by atoms with Crippen molar-refractivity contribution in [3.63, 3.8) is 0 Å². The van der Waals surface area contributed by atoms with E-state index in [9.17, 15) is 9.59 Å². The van der Waals surface area contributed by atoms with Crippen molar-refractivity contribution in [2.24, 2.45) is 0 Å². The summed E-state index contributed by atoms with van der Waals surface area (Å²) in [6, 6.07) is 21.2. The molecule has 34 heavy (non-hydrogen) atoms. The molecule has 0 unspecified atom stereocenters. The van der Waals surface area contributed by atoms with E-state index in [1.54, 1.807) is 36.6 Å². The quantitative estimate of drug-likeness (QED) is 0.382. The van der Waals surface area contributed by atoms with Gasteiger partial charge in [0.25, 0.3) is 5.91 Å². The summed E-state index contributed by atoms with van der Waals surface area (Å²) in [4.78, 5) is 31.1. The molecule has 7 nitrogen and oxygen atoms in total. The molecule has 1 aliphatic rings. The first-order valence-corrected chi connectivity index (χ1v) is 11.6. The first-order chi connectivity index (χ1) is 16.7. The third-order valence-electron chi connectivity index (χ3n) is 6.39. The maximum atomic E-state index is 12.8. The summed E-state index contributed by atoms with van der Waals surface area (Å²) in [5.74, 6) is 0.776. The van der Waals surface area contributed by atoms with Gasteiger partial charge in [-0.25, -0.2) is 0 Å². The fourth-order valence-corrected chi connectivity index (χ4v) is 4.58. The number of furan rings is 1. The number of nitrogens with zero attached hydrogens (tertiary/aromatic N) is 1. The standard InChI is InChI=1S/C27H28N4O3/c32-26(30-24-10-4-2-8-22(24)27(33)28-17-21-7-5-15-34-21)18-31-13-11-19(12-14-31)25-16-20-6-1-3-9-23(20)29-25/h1-10,15-16,19,29H,11-14,17-18H2,(H,28,33)(H,30,32). The van der Waals surface area contributed by atoms with Crippen LogP contribution in [0.25, 0.3) is 10.9 Å². The minimum absolute atomic E-state index is 0.115. The second-order valence-corrected chi connectivity index (χ2v) is 8.72. The van der Waals surface area contributed by atoms with Gasteiger partial charge in [0.05, 0.1) is 30.6 Å². The molecule has 1 saturated heterocycles. The number of piperidine rings is 1. The Balaban J connectivity index is 1.14. The first kappa shape index (κ1) is 22.0. The molecule has 7 heteroatoms. The number of benzene rings is 2.